The van der Waals surface area contributed by atoms with Gasteiger partial charge in [-0.1, -0.05) is 12.1 Å². The van der Waals surface area contributed by atoms with Crippen LogP contribution in [-0.2, 0) is 9.84 Å². The number of nitrogens with two attached hydrogens (primary N) is 2. The summed E-state index contributed by atoms with van der Waals surface area (Å²) in [6, 6.07) is 15.4. The molecule has 7 nitrogen and oxygen atoms in total. The van der Waals surface area contributed by atoms with E-state index in [1.54, 1.807) is 28.9 Å². The molecule has 0 unspecified atom stereocenters. The minimum absolute atomic E-state index is 0.140. The topological polar surface area (TPSA) is 121 Å². The van der Waals surface area contributed by atoms with Gasteiger partial charge in [-0.05, 0) is 47.9 Å². The van der Waals surface area contributed by atoms with Gasteiger partial charge in [-0.15, -0.1) is 0 Å². The molecule has 8 heteroatoms. The summed E-state index contributed by atoms with van der Waals surface area (Å²) in [5.74, 6) is -0.644. The lowest BCUT2D eigenvalue weighted by Gasteiger charge is -2.08. The zero-order valence-corrected chi connectivity index (χ0v) is 15.2. The molecule has 0 radical (unpaired) electrons. The second kappa shape index (κ2) is 5.82. The van der Waals surface area contributed by atoms with Gasteiger partial charge in [0.15, 0.2) is 15.5 Å². The molecule has 27 heavy (non-hydrogen) atoms. The lowest BCUT2D eigenvalue weighted by Crippen LogP contribution is -2.12. The van der Waals surface area contributed by atoms with Gasteiger partial charge < -0.3 is 11.5 Å². The number of nitrogen functional groups attached to an aromatic ring is 1. The van der Waals surface area contributed by atoms with E-state index in [4.69, 9.17) is 11.5 Å². The van der Waals surface area contributed by atoms with E-state index in [1.807, 2.05) is 18.2 Å². The highest BCUT2D eigenvalue weighted by Gasteiger charge is 2.18. The average Bonchev–Trinajstić information content (AvgIpc) is 3.01. The molecule has 1 heterocycles. The van der Waals surface area contributed by atoms with Gasteiger partial charge in [0, 0.05) is 22.7 Å². The predicted molar refractivity (Wildman–Crippen MR) is 105 cm³/mol. The highest BCUT2D eigenvalue weighted by Crippen LogP contribution is 2.31. The Bertz CT molecular complexity index is 1320. The van der Waals surface area contributed by atoms with Crippen LogP contribution in [0.4, 0.5) is 5.69 Å². The minimum atomic E-state index is -3.31. The maximum atomic E-state index is 11.9. The van der Waals surface area contributed by atoms with E-state index in [1.165, 1.54) is 12.1 Å². The molecule has 0 aliphatic rings. The molecule has 0 saturated heterocycles. The SMILES string of the molecule is CS(=O)(=O)c1ccc(-n2nc(C(N)=O)c3ccc4ccc(N)cc4c32)cc1. The van der Waals surface area contributed by atoms with Crippen molar-refractivity contribution < 1.29 is 13.2 Å². The molecular weight excluding hydrogens is 364 g/mol. The monoisotopic (exact) mass is 380 g/mol. The maximum absolute atomic E-state index is 11.9. The highest BCUT2D eigenvalue weighted by atomic mass is 32.2. The van der Waals surface area contributed by atoms with E-state index in [9.17, 15) is 13.2 Å². The van der Waals surface area contributed by atoms with Crippen LogP contribution in [0, 0.1) is 0 Å². The van der Waals surface area contributed by atoms with Crippen molar-refractivity contribution in [3.8, 4) is 5.69 Å². The molecule has 0 atom stereocenters. The van der Waals surface area contributed by atoms with Gasteiger partial charge in [0.2, 0.25) is 0 Å². The van der Waals surface area contributed by atoms with E-state index < -0.39 is 15.7 Å². The number of hydrogen-bond acceptors (Lipinski definition) is 5. The van der Waals surface area contributed by atoms with Crippen LogP contribution < -0.4 is 11.5 Å². The molecule has 4 rings (SSSR count). The number of carbonyl (C=O) groups excluding carboxylic acids is 1. The number of rotatable bonds is 3. The van der Waals surface area contributed by atoms with Crippen LogP contribution in [0.2, 0.25) is 0 Å². The summed E-state index contributed by atoms with van der Waals surface area (Å²) < 4.78 is 25.0. The number of fused-ring (bicyclic) bond motifs is 3. The number of primary amides is 1. The fourth-order valence-electron chi connectivity index (χ4n) is 3.15. The van der Waals surface area contributed by atoms with Gasteiger partial charge in [0.25, 0.3) is 5.91 Å². The fraction of sp³-hybridized carbons (Fsp3) is 0.0526. The smallest absolute Gasteiger partial charge is 0.269 e. The second-order valence-corrected chi connectivity index (χ2v) is 8.35. The number of anilines is 1. The summed E-state index contributed by atoms with van der Waals surface area (Å²) in [4.78, 5) is 12.1. The molecule has 3 aromatic carbocycles. The number of carbonyl (C=O) groups is 1. The molecular formula is C19H16N4O3S. The molecule has 0 aliphatic heterocycles. The summed E-state index contributed by atoms with van der Waals surface area (Å²) in [6.45, 7) is 0. The number of sulfone groups is 1. The molecule has 4 aromatic rings. The van der Waals surface area contributed by atoms with Gasteiger partial charge in [-0.25, -0.2) is 13.1 Å². The first-order valence-electron chi connectivity index (χ1n) is 8.07. The Labute approximate surface area is 155 Å². The molecule has 136 valence electrons. The van der Waals surface area contributed by atoms with Crippen molar-refractivity contribution in [3.05, 3.63) is 60.3 Å². The minimum Gasteiger partial charge on any atom is -0.399 e. The third-order valence-electron chi connectivity index (χ3n) is 4.43. The van der Waals surface area contributed by atoms with Crippen LogP contribution in [0.3, 0.4) is 0 Å². The number of nitrogens with zero attached hydrogens (tertiary/aromatic N) is 2. The van der Waals surface area contributed by atoms with Crippen LogP contribution in [-0.4, -0.2) is 30.4 Å². The highest BCUT2D eigenvalue weighted by molar-refractivity contribution is 7.90. The number of benzene rings is 3. The van der Waals surface area contributed by atoms with E-state index in [0.717, 1.165) is 17.0 Å². The first-order chi connectivity index (χ1) is 12.8. The standard InChI is InChI=1S/C19H16N4O3S/c1-27(25,26)14-7-5-13(6-8-14)23-18-15(17(22-23)19(21)24)9-3-11-2-4-12(20)10-16(11)18/h2-10H,20H2,1H3,(H2,21,24). The van der Waals surface area contributed by atoms with Gasteiger partial charge in [-0.2, -0.15) is 5.10 Å². The van der Waals surface area contributed by atoms with Crippen molar-refractivity contribution in [2.45, 2.75) is 4.90 Å². The average molecular weight is 380 g/mol. The quantitative estimate of drug-likeness (QED) is 0.528. The van der Waals surface area contributed by atoms with E-state index in [0.29, 0.717) is 22.3 Å². The molecule has 1 aromatic heterocycles. The Hall–Kier alpha value is -3.39. The van der Waals surface area contributed by atoms with Crippen molar-refractivity contribution >= 4 is 43.1 Å². The van der Waals surface area contributed by atoms with Crippen molar-refractivity contribution in [2.24, 2.45) is 5.73 Å². The fourth-order valence-corrected chi connectivity index (χ4v) is 3.78. The molecule has 0 bridgehead atoms. The zero-order chi connectivity index (χ0) is 19.3. The van der Waals surface area contributed by atoms with Gasteiger partial charge in [-0.3, -0.25) is 4.79 Å². The summed E-state index contributed by atoms with van der Waals surface area (Å²) in [5, 5.41) is 6.74. The summed E-state index contributed by atoms with van der Waals surface area (Å²) in [6.07, 6.45) is 1.15. The first-order valence-corrected chi connectivity index (χ1v) is 9.96. The Morgan fingerprint density at radius 1 is 1.00 bits per heavy atom. The lowest BCUT2D eigenvalue weighted by atomic mass is 10.0. The number of aromatic nitrogens is 2. The Morgan fingerprint density at radius 2 is 1.67 bits per heavy atom. The van der Waals surface area contributed by atoms with Crippen molar-refractivity contribution in [3.63, 3.8) is 0 Å². The largest absolute Gasteiger partial charge is 0.399 e. The van der Waals surface area contributed by atoms with E-state index in [2.05, 4.69) is 5.10 Å². The second-order valence-electron chi connectivity index (χ2n) is 6.33. The third kappa shape index (κ3) is 2.80. The third-order valence-corrected chi connectivity index (χ3v) is 5.56. The van der Waals surface area contributed by atoms with Crippen LogP contribution in [0.1, 0.15) is 10.5 Å². The zero-order valence-electron chi connectivity index (χ0n) is 14.4. The molecule has 0 fully saturated rings. The number of hydrogen-bond donors (Lipinski definition) is 2. The maximum Gasteiger partial charge on any atom is 0.269 e. The number of amides is 1. The Morgan fingerprint density at radius 3 is 2.30 bits per heavy atom. The molecule has 0 aliphatic carbocycles. The van der Waals surface area contributed by atoms with Crippen LogP contribution in [0.5, 0.6) is 0 Å². The van der Waals surface area contributed by atoms with Crippen molar-refractivity contribution in [2.75, 3.05) is 12.0 Å². The molecule has 1 amide bonds. The van der Waals surface area contributed by atoms with Crippen LogP contribution >= 0.6 is 0 Å². The normalized spacial score (nSPS) is 11.9. The van der Waals surface area contributed by atoms with Gasteiger partial charge in [0.1, 0.15) is 0 Å². The molecule has 0 saturated carbocycles. The van der Waals surface area contributed by atoms with Crippen LogP contribution in [0.25, 0.3) is 27.4 Å². The van der Waals surface area contributed by atoms with Crippen molar-refractivity contribution in [1.82, 2.24) is 9.78 Å². The summed E-state index contributed by atoms with van der Waals surface area (Å²) in [7, 11) is -3.31. The van der Waals surface area contributed by atoms with Crippen LogP contribution in [0.15, 0.2) is 59.5 Å². The Balaban J connectivity index is 2.07. The summed E-state index contributed by atoms with van der Waals surface area (Å²) in [5.41, 5.74) is 13.5. The predicted octanol–water partition coefficient (Wildman–Crippen LogP) is 2.26. The molecule has 0 spiro atoms. The van der Waals surface area contributed by atoms with Gasteiger partial charge in [0.05, 0.1) is 16.1 Å². The lowest BCUT2D eigenvalue weighted by molar-refractivity contribution is 0.0996. The Kier molecular flexibility index (Phi) is 3.67. The van der Waals surface area contributed by atoms with E-state index in [-0.39, 0.29) is 10.6 Å². The molecule has 4 N–H and O–H groups in total. The van der Waals surface area contributed by atoms with Crippen molar-refractivity contribution in [1.29, 1.82) is 0 Å². The van der Waals surface area contributed by atoms with E-state index >= 15 is 0 Å². The summed E-state index contributed by atoms with van der Waals surface area (Å²) >= 11 is 0. The first kappa shape index (κ1) is 17.0. The van der Waals surface area contributed by atoms with Gasteiger partial charge >= 0.3 is 0 Å².